The number of benzene rings is 2. The predicted molar refractivity (Wildman–Crippen MR) is 90.9 cm³/mol. The minimum absolute atomic E-state index is 0.268. The molecule has 0 saturated carbocycles. The van der Waals surface area contributed by atoms with Crippen LogP contribution in [0.2, 0.25) is 0 Å². The Hall–Kier alpha value is -3.21. The zero-order valence-corrected chi connectivity index (χ0v) is 12.7. The highest BCUT2D eigenvalue weighted by molar-refractivity contribution is 6.02. The lowest BCUT2D eigenvalue weighted by atomic mass is 10.2. The summed E-state index contributed by atoms with van der Waals surface area (Å²) in [7, 11) is 0. The number of aryl methyl sites for hydroxylation is 1. The highest BCUT2D eigenvalue weighted by atomic mass is 16.1. The Morgan fingerprint density at radius 1 is 0.913 bits per heavy atom. The lowest BCUT2D eigenvalue weighted by Gasteiger charge is -2.08. The average Bonchev–Trinajstić information content (AvgIpc) is 2.58. The molecule has 1 amide bonds. The molecule has 1 aromatic heterocycles. The molecule has 0 aliphatic heterocycles. The second-order valence-corrected chi connectivity index (χ2v) is 5.05. The molecule has 23 heavy (non-hydrogen) atoms. The van der Waals surface area contributed by atoms with Crippen LogP contribution in [0.25, 0.3) is 0 Å². The number of hydrogen-bond donors (Lipinski definition) is 2. The third kappa shape index (κ3) is 3.71. The molecule has 0 spiro atoms. The number of hydrogen-bond acceptors (Lipinski definition) is 4. The van der Waals surface area contributed by atoms with E-state index in [4.69, 9.17) is 0 Å². The van der Waals surface area contributed by atoms with Crippen LogP contribution >= 0.6 is 0 Å². The second-order valence-electron chi connectivity index (χ2n) is 5.05. The van der Waals surface area contributed by atoms with E-state index in [9.17, 15) is 4.79 Å². The fourth-order valence-electron chi connectivity index (χ4n) is 2.08. The molecular formula is C18H16N4O. The third-order valence-electron chi connectivity index (χ3n) is 3.32. The second kappa shape index (κ2) is 6.70. The van der Waals surface area contributed by atoms with Gasteiger partial charge in [0.15, 0.2) is 0 Å². The molecule has 0 aliphatic rings. The molecule has 0 aliphatic carbocycles. The number of carbonyl (C=O) groups is 1. The van der Waals surface area contributed by atoms with Crippen LogP contribution in [0.15, 0.2) is 67.0 Å². The largest absolute Gasteiger partial charge is 0.339 e. The Bertz CT molecular complexity index is 801. The van der Waals surface area contributed by atoms with Gasteiger partial charge in [0.05, 0.1) is 12.4 Å². The van der Waals surface area contributed by atoms with E-state index in [1.165, 1.54) is 6.20 Å². The monoisotopic (exact) mass is 304 g/mol. The van der Waals surface area contributed by atoms with Gasteiger partial charge >= 0.3 is 0 Å². The molecule has 3 aromatic rings. The fourth-order valence-corrected chi connectivity index (χ4v) is 2.08. The van der Waals surface area contributed by atoms with Gasteiger partial charge in [-0.1, -0.05) is 36.4 Å². The first kappa shape index (κ1) is 14.7. The quantitative estimate of drug-likeness (QED) is 0.769. The van der Waals surface area contributed by atoms with Gasteiger partial charge in [0.2, 0.25) is 0 Å². The van der Waals surface area contributed by atoms with Gasteiger partial charge in [0.1, 0.15) is 11.5 Å². The summed E-state index contributed by atoms with van der Waals surface area (Å²) in [4.78, 5) is 20.5. The van der Waals surface area contributed by atoms with Crippen LogP contribution in [0.5, 0.6) is 0 Å². The highest BCUT2D eigenvalue weighted by Crippen LogP contribution is 2.18. The molecule has 114 valence electrons. The van der Waals surface area contributed by atoms with E-state index < -0.39 is 0 Å². The molecule has 0 saturated heterocycles. The number of nitrogens with one attached hydrogen (secondary N) is 2. The van der Waals surface area contributed by atoms with Gasteiger partial charge in [-0.3, -0.25) is 4.79 Å². The Labute approximate surface area is 134 Å². The maximum absolute atomic E-state index is 12.1. The van der Waals surface area contributed by atoms with Gasteiger partial charge in [-0.15, -0.1) is 0 Å². The third-order valence-corrected chi connectivity index (χ3v) is 3.32. The molecule has 5 heteroatoms. The van der Waals surface area contributed by atoms with Crippen molar-refractivity contribution in [2.24, 2.45) is 0 Å². The standard InChI is InChI=1S/C18H16N4O/c1-13-7-5-6-10-15(13)22-17-12-19-16(11-20-17)18(23)21-14-8-3-2-4-9-14/h2-12H,1H3,(H,20,22)(H,21,23). The summed E-state index contributed by atoms with van der Waals surface area (Å²) >= 11 is 0. The number of para-hydroxylation sites is 2. The molecule has 1 heterocycles. The first-order chi connectivity index (χ1) is 11.2. The number of rotatable bonds is 4. The summed E-state index contributed by atoms with van der Waals surface area (Å²) in [5.41, 5.74) is 3.06. The van der Waals surface area contributed by atoms with Crippen molar-refractivity contribution in [2.45, 2.75) is 6.92 Å². The van der Waals surface area contributed by atoms with Crippen molar-refractivity contribution in [1.29, 1.82) is 0 Å². The van der Waals surface area contributed by atoms with Gasteiger partial charge in [0.25, 0.3) is 5.91 Å². The molecule has 0 fully saturated rings. The summed E-state index contributed by atoms with van der Waals surface area (Å²) in [6, 6.07) is 17.1. The van der Waals surface area contributed by atoms with Gasteiger partial charge < -0.3 is 10.6 Å². The van der Waals surface area contributed by atoms with Crippen molar-refractivity contribution in [3.05, 3.63) is 78.2 Å². The van der Waals surface area contributed by atoms with Crippen molar-refractivity contribution >= 4 is 23.1 Å². The van der Waals surface area contributed by atoms with Crippen molar-refractivity contribution in [2.75, 3.05) is 10.6 Å². The first-order valence-electron chi connectivity index (χ1n) is 7.23. The zero-order valence-electron chi connectivity index (χ0n) is 12.7. The summed E-state index contributed by atoms with van der Waals surface area (Å²) < 4.78 is 0. The van der Waals surface area contributed by atoms with E-state index in [2.05, 4.69) is 20.6 Å². The number of carbonyl (C=O) groups excluding carboxylic acids is 1. The van der Waals surface area contributed by atoms with Crippen LogP contribution in [-0.2, 0) is 0 Å². The maximum Gasteiger partial charge on any atom is 0.275 e. The zero-order chi connectivity index (χ0) is 16.1. The van der Waals surface area contributed by atoms with Gasteiger partial charge in [-0.2, -0.15) is 0 Å². The summed E-state index contributed by atoms with van der Waals surface area (Å²) in [6.45, 7) is 2.01. The first-order valence-corrected chi connectivity index (χ1v) is 7.23. The number of aromatic nitrogens is 2. The lowest BCUT2D eigenvalue weighted by Crippen LogP contribution is -2.14. The SMILES string of the molecule is Cc1ccccc1Nc1cnc(C(=O)Nc2ccccc2)cn1. The smallest absolute Gasteiger partial charge is 0.275 e. The van der Waals surface area contributed by atoms with Crippen molar-refractivity contribution in [3.63, 3.8) is 0 Å². The van der Waals surface area contributed by atoms with Crippen molar-refractivity contribution < 1.29 is 4.79 Å². The number of nitrogens with zero attached hydrogens (tertiary/aromatic N) is 2. The van der Waals surface area contributed by atoms with Crippen LogP contribution < -0.4 is 10.6 Å². The summed E-state index contributed by atoms with van der Waals surface area (Å²) in [5, 5.41) is 5.96. The van der Waals surface area contributed by atoms with E-state index in [1.807, 2.05) is 61.5 Å². The molecule has 0 atom stereocenters. The topological polar surface area (TPSA) is 66.9 Å². The fraction of sp³-hybridized carbons (Fsp3) is 0.0556. The van der Waals surface area contributed by atoms with Crippen LogP contribution in [0.1, 0.15) is 16.1 Å². The molecule has 0 radical (unpaired) electrons. The van der Waals surface area contributed by atoms with Gasteiger partial charge in [0, 0.05) is 11.4 Å². The molecule has 0 unspecified atom stereocenters. The van der Waals surface area contributed by atoms with E-state index in [-0.39, 0.29) is 11.6 Å². The van der Waals surface area contributed by atoms with Crippen LogP contribution in [0.4, 0.5) is 17.2 Å². The Balaban J connectivity index is 1.69. The Kier molecular flexibility index (Phi) is 4.29. The number of amides is 1. The van der Waals surface area contributed by atoms with Crippen LogP contribution in [0.3, 0.4) is 0 Å². The summed E-state index contributed by atoms with van der Waals surface area (Å²) in [6.07, 6.45) is 3.01. The van der Waals surface area contributed by atoms with Crippen LogP contribution in [0, 0.1) is 6.92 Å². The molecule has 0 bridgehead atoms. The minimum atomic E-state index is -0.286. The van der Waals surface area contributed by atoms with Crippen molar-refractivity contribution in [1.82, 2.24) is 9.97 Å². The van der Waals surface area contributed by atoms with Crippen LogP contribution in [-0.4, -0.2) is 15.9 Å². The normalized spacial score (nSPS) is 10.1. The van der Waals surface area contributed by atoms with E-state index in [0.29, 0.717) is 5.82 Å². The van der Waals surface area contributed by atoms with E-state index in [1.54, 1.807) is 6.20 Å². The highest BCUT2D eigenvalue weighted by Gasteiger charge is 2.08. The number of anilines is 3. The summed E-state index contributed by atoms with van der Waals surface area (Å²) in [5.74, 6) is 0.307. The van der Waals surface area contributed by atoms with Crippen molar-refractivity contribution in [3.8, 4) is 0 Å². The van der Waals surface area contributed by atoms with E-state index in [0.717, 1.165) is 16.9 Å². The lowest BCUT2D eigenvalue weighted by molar-refractivity contribution is 0.102. The minimum Gasteiger partial charge on any atom is -0.339 e. The predicted octanol–water partition coefficient (Wildman–Crippen LogP) is 3.78. The van der Waals surface area contributed by atoms with Gasteiger partial charge in [-0.05, 0) is 30.7 Å². The molecular weight excluding hydrogens is 288 g/mol. The maximum atomic E-state index is 12.1. The molecule has 5 nitrogen and oxygen atoms in total. The molecule has 2 N–H and O–H groups in total. The molecule has 2 aromatic carbocycles. The van der Waals surface area contributed by atoms with E-state index >= 15 is 0 Å². The Morgan fingerprint density at radius 2 is 1.65 bits per heavy atom. The molecule has 3 rings (SSSR count). The Morgan fingerprint density at radius 3 is 2.35 bits per heavy atom. The van der Waals surface area contributed by atoms with Gasteiger partial charge in [-0.25, -0.2) is 9.97 Å². The average molecular weight is 304 g/mol.